The van der Waals surface area contributed by atoms with E-state index in [1.165, 1.54) is 19.3 Å². The van der Waals surface area contributed by atoms with Gasteiger partial charge in [0.15, 0.2) is 0 Å². The second-order valence-corrected chi connectivity index (χ2v) is 3.99. The molecule has 2 aliphatic carbocycles. The maximum absolute atomic E-state index is 6.01. The Morgan fingerprint density at radius 3 is 2.78 bits per heavy atom. The van der Waals surface area contributed by atoms with Crippen LogP contribution in [0, 0.1) is 11.3 Å². The molecule has 0 saturated heterocycles. The minimum Gasteiger partial charge on any atom is -0.0889 e. The average Bonchev–Trinajstić information content (AvgIpc) is 2.22. The van der Waals surface area contributed by atoms with Gasteiger partial charge < -0.3 is 0 Å². The molecule has 1 fully saturated rings. The van der Waals surface area contributed by atoms with Crippen LogP contribution in [0.25, 0.3) is 0 Å². The standard InChI is InChI=1S/C8H11Cl/c1-8-3-2-6(5-8)4-7(8)9/h4,6H,2-3,5H2,1H3. The summed E-state index contributed by atoms with van der Waals surface area (Å²) in [5.41, 5.74) is 0.395. The fourth-order valence-electron chi connectivity index (χ4n) is 2.05. The van der Waals surface area contributed by atoms with Gasteiger partial charge in [0.2, 0.25) is 0 Å². The van der Waals surface area contributed by atoms with Crippen molar-refractivity contribution in [2.24, 2.45) is 11.3 Å². The summed E-state index contributed by atoms with van der Waals surface area (Å²) in [6.07, 6.45) is 6.23. The Labute approximate surface area is 60.9 Å². The maximum Gasteiger partial charge on any atom is 0.0203 e. The largest absolute Gasteiger partial charge is 0.0889 e. The van der Waals surface area contributed by atoms with Gasteiger partial charge in [0.05, 0.1) is 0 Å². The zero-order valence-electron chi connectivity index (χ0n) is 5.65. The van der Waals surface area contributed by atoms with E-state index in [0.717, 1.165) is 11.0 Å². The maximum atomic E-state index is 6.01. The minimum atomic E-state index is 0.395. The van der Waals surface area contributed by atoms with Gasteiger partial charge in [-0.25, -0.2) is 0 Å². The number of fused-ring (bicyclic) bond motifs is 2. The van der Waals surface area contributed by atoms with Crippen molar-refractivity contribution < 1.29 is 0 Å². The van der Waals surface area contributed by atoms with Crippen LogP contribution in [0.3, 0.4) is 0 Å². The molecule has 0 aromatic heterocycles. The Kier molecular flexibility index (Phi) is 0.993. The lowest BCUT2D eigenvalue weighted by Gasteiger charge is -2.19. The number of hydrogen-bond acceptors (Lipinski definition) is 0. The van der Waals surface area contributed by atoms with Gasteiger partial charge in [-0.15, -0.1) is 0 Å². The van der Waals surface area contributed by atoms with Crippen molar-refractivity contribution in [1.29, 1.82) is 0 Å². The average molecular weight is 143 g/mol. The Bertz CT molecular complexity index is 171. The number of rotatable bonds is 0. The van der Waals surface area contributed by atoms with Crippen molar-refractivity contribution in [3.8, 4) is 0 Å². The number of allylic oxidation sites excluding steroid dienone is 2. The van der Waals surface area contributed by atoms with Crippen LogP contribution in [0.1, 0.15) is 26.2 Å². The summed E-state index contributed by atoms with van der Waals surface area (Å²) >= 11 is 6.01. The fraction of sp³-hybridized carbons (Fsp3) is 0.750. The summed E-state index contributed by atoms with van der Waals surface area (Å²) in [4.78, 5) is 0. The van der Waals surface area contributed by atoms with Crippen LogP contribution < -0.4 is 0 Å². The molecule has 0 spiro atoms. The third kappa shape index (κ3) is 0.660. The zero-order valence-corrected chi connectivity index (χ0v) is 6.41. The molecule has 0 aliphatic heterocycles. The van der Waals surface area contributed by atoms with Gasteiger partial charge in [-0.05, 0) is 25.2 Å². The second-order valence-electron chi connectivity index (χ2n) is 3.58. The monoisotopic (exact) mass is 142 g/mol. The van der Waals surface area contributed by atoms with Crippen molar-refractivity contribution in [1.82, 2.24) is 0 Å². The smallest absolute Gasteiger partial charge is 0.0203 e. The summed E-state index contributed by atoms with van der Waals surface area (Å²) in [6, 6.07) is 0. The summed E-state index contributed by atoms with van der Waals surface area (Å²) < 4.78 is 0. The highest BCUT2D eigenvalue weighted by atomic mass is 35.5. The molecular weight excluding hydrogens is 132 g/mol. The lowest BCUT2D eigenvalue weighted by molar-refractivity contribution is 0.444. The number of hydrogen-bond donors (Lipinski definition) is 0. The van der Waals surface area contributed by atoms with Crippen LogP contribution in [0.5, 0.6) is 0 Å². The van der Waals surface area contributed by atoms with Gasteiger partial charge in [-0.3, -0.25) is 0 Å². The predicted molar refractivity (Wildman–Crippen MR) is 39.4 cm³/mol. The summed E-state index contributed by atoms with van der Waals surface area (Å²) in [6.45, 7) is 2.28. The molecule has 0 amide bonds. The molecule has 0 aromatic carbocycles. The van der Waals surface area contributed by atoms with Gasteiger partial charge in [0.1, 0.15) is 0 Å². The van der Waals surface area contributed by atoms with Crippen molar-refractivity contribution >= 4 is 11.6 Å². The highest BCUT2D eigenvalue weighted by Crippen LogP contribution is 2.54. The van der Waals surface area contributed by atoms with E-state index in [0.29, 0.717) is 5.41 Å². The fourth-order valence-corrected chi connectivity index (χ4v) is 2.40. The first-order valence-corrected chi connectivity index (χ1v) is 3.96. The number of halogens is 1. The summed E-state index contributed by atoms with van der Waals surface area (Å²) in [5, 5.41) is 1.12. The lowest BCUT2D eigenvalue weighted by atomic mass is 9.90. The van der Waals surface area contributed by atoms with E-state index in [4.69, 9.17) is 11.6 Å². The van der Waals surface area contributed by atoms with E-state index in [9.17, 15) is 0 Å². The van der Waals surface area contributed by atoms with Gasteiger partial charge in [0.25, 0.3) is 0 Å². The Morgan fingerprint density at radius 1 is 1.78 bits per heavy atom. The van der Waals surface area contributed by atoms with Crippen molar-refractivity contribution in [2.75, 3.05) is 0 Å². The van der Waals surface area contributed by atoms with Crippen LogP contribution >= 0.6 is 11.6 Å². The van der Waals surface area contributed by atoms with Gasteiger partial charge in [-0.1, -0.05) is 24.6 Å². The van der Waals surface area contributed by atoms with Crippen LogP contribution in [0.2, 0.25) is 0 Å². The molecule has 2 aliphatic rings. The Balaban J connectivity index is 2.37. The molecule has 2 rings (SSSR count). The normalized spacial score (nSPS) is 47.8. The molecule has 0 N–H and O–H groups in total. The molecule has 9 heavy (non-hydrogen) atoms. The third-order valence-electron chi connectivity index (χ3n) is 2.74. The van der Waals surface area contributed by atoms with E-state index in [1.807, 2.05) is 0 Å². The Morgan fingerprint density at radius 2 is 2.56 bits per heavy atom. The first-order chi connectivity index (χ1) is 4.21. The van der Waals surface area contributed by atoms with E-state index in [2.05, 4.69) is 13.0 Å². The highest BCUT2D eigenvalue weighted by Gasteiger charge is 2.41. The molecule has 0 radical (unpaired) electrons. The molecule has 0 nitrogen and oxygen atoms in total. The molecule has 0 heterocycles. The molecule has 50 valence electrons. The molecular formula is C8H11Cl. The van der Waals surface area contributed by atoms with Crippen molar-refractivity contribution in [2.45, 2.75) is 26.2 Å². The van der Waals surface area contributed by atoms with E-state index >= 15 is 0 Å². The lowest BCUT2D eigenvalue weighted by Crippen LogP contribution is -2.07. The van der Waals surface area contributed by atoms with Crippen LogP contribution in [-0.4, -0.2) is 0 Å². The predicted octanol–water partition coefficient (Wildman–Crippen LogP) is 2.93. The molecule has 2 bridgehead atoms. The topological polar surface area (TPSA) is 0 Å². The first kappa shape index (κ1) is 5.79. The molecule has 1 saturated carbocycles. The SMILES string of the molecule is CC12CCC(C=C1Cl)C2. The van der Waals surface area contributed by atoms with Gasteiger partial charge in [0, 0.05) is 10.4 Å². The van der Waals surface area contributed by atoms with Crippen LogP contribution in [-0.2, 0) is 0 Å². The van der Waals surface area contributed by atoms with Gasteiger partial charge in [-0.2, -0.15) is 0 Å². The van der Waals surface area contributed by atoms with Crippen LogP contribution in [0.4, 0.5) is 0 Å². The van der Waals surface area contributed by atoms with Gasteiger partial charge >= 0.3 is 0 Å². The van der Waals surface area contributed by atoms with E-state index in [-0.39, 0.29) is 0 Å². The molecule has 1 heteroatoms. The van der Waals surface area contributed by atoms with E-state index < -0.39 is 0 Å². The zero-order chi connectivity index (χ0) is 6.48. The quantitative estimate of drug-likeness (QED) is 0.488. The van der Waals surface area contributed by atoms with Crippen LogP contribution in [0.15, 0.2) is 11.1 Å². The molecule has 2 unspecified atom stereocenters. The van der Waals surface area contributed by atoms with E-state index in [1.54, 1.807) is 0 Å². The second kappa shape index (κ2) is 1.54. The highest BCUT2D eigenvalue weighted by molar-refractivity contribution is 6.30. The summed E-state index contributed by atoms with van der Waals surface area (Å²) in [7, 11) is 0. The summed E-state index contributed by atoms with van der Waals surface area (Å²) in [5.74, 6) is 0.822. The molecule has 0 aromatic rings. The first-order valence-electron chi connectivity index (χ1n) is 3.58. The third-order valence-corrected chi connectivity index (χ3v) is 3.32. The minimum absolute atomic E-state index is 0.395. The van der Waals surface area contributed by atoms with Crippen molar-refractivity contribution in [3.05, 3.63) is 11.1 Å². The molecule has 2 atom stereocenters. The Hall–Kier alpha value is 0.0300. The van der Waals surface area contributed by atoms with Crippen molar-refractivity contribution in [3.63, 3.8) is 0 Å².